The molecule has 1 aliphatic heterocycles. The molecule has 0 radical (unpaired) electrons. The summed E-state index contributed by atoms with van der Waals surface area (Å²) in [6.45, 7) is 3.98. The van der Waals surface area contributed by atoms with Crippen molar-refractivity contribution >= 4 is 17.6 Å². The number of hydrogen-bond acceptors (Lipinski definition) is 3. The van der Waals surface area contributed by atoms with Crippen molar-refractivity contribution in [2.24, 2.45) is 0 Å². The molecule has 0 saturated carbocycles. The number of esters is 1. The Bertz CT molecular complexity index is 484. The van der Waals surface area contributed by atoms with E-state index in [9.17, 15) is 9.59 Å². The topological polar surface area (TPSA) is 55.4 Å². The Morgan fingerprint density at radius 3 is 2.72 bits per heavy atom. The molecule has 1 aromatic carbocycles. The van der Waals surface area contributed by atoms with Gasteiger partial charge in [-0.3, -0.25) is 9.59 Å². The second-order valence-corrected chi connectivity index (χ2v) is 4.38. The highest BCUT2D eigenvalue weighted by atomic mass is 16.5. The van der Waals surface area contributed by atoms with Gasteiger partial charge in [0.1, 0.15) is 0 Å². The lowest BCUT2D eigenvalue weighted by atomic mass is 9.78. The number of para-hydroxylation sites is 1. The summed E-state index contributed by atoms with van der Waals surface area (Å²) in [6, 6.07) is 7.30. The first-order chi connectivity index (χ1) is 8.66. The molecule has 1 amide bonds. The van der Waals surface area contributed by atoms with Gasteiger partial charge in [0, 0.05) is 11.3 Å². The highest BCUT2D eigenvalue weighted by Crippen LogP contribution is 2.41. The van der Waals surface area contributed by atoms with E-state index < -0.39 is 11.4 Å². The molecule has 0 spiro atoms. The van der Waals surface area contributed by atoms with Crippen LogP contribution in [0.5, 0.6) is 0 Å². The number of ether oxygens (including phenoxy) is 1. The van der Waals surface area contributed by atoms with E-state index in [-0.39, 0.29) is 12.5 Å². The zero-order chi connectivity index (χ0) is 13.2. The number of amides is 1. The zero-order valence-electron chi connectivity index (χ0n) is 10.7. The molecule has 2 rings (SSSR count). The van der Waals surface area contributed by atoms with Gasteiger partial charge in [-0.2, -0.15) is 0 Å². The van der Waals surface area contributed by atoms with Crippen LogP contribution in [0.3, 0.4) is 0 Å². The summed E-state index contributed by atoms with van der Waals surface area (Å²) in [5.74, 6) is -0.724. The first-order valence-electron chi connectivity index (χ1n) is 6.25. The lowest BCUT2D eigenvalue weighted by Crippen LogP contribution is -2.43. The van der Waals surface area contributed by atoms with Crippen LogP contribution < -0.4 is 5.32 Å². The Balaban J connectivity index is 2.53. The lowest BCUT2D eigenvalue weighted by molar-refractivity contribution is -0.153. The fraction of sp³-hybridized carbons (Fsp3) is 0.429. The first kappa shape index (κ1) is 12.6. The summed E-state index contributed by atoms with van der Waals surface area (Å²) in [6.07, 6.45) is 1.20. The molecule has 18 heavy (non-hydrogen) atoms. The molecule has 0 aliphatic carbocycles. The van der Waals surface area contributed by atoms with Gasteiger partial charge in [-0.05, 0) is 19.4 Å². The van der Waals surface area contributed by atoms with Crippen molar-refractivity contribution in [1.29, 1.82) is 0 Å². The third-order valence-corrected chi connectivity index (χ3v) is 3.27. The van der Waals surface area contributed by atoms with E-state index in [0.29, 0.717) is 12.1 Å². The monoisotopic (exact) mass is 247 g/mol. The molecular formula is C14H17NO3. The highest BCUT2D eigenvalue weighted by molar-refractivity contribution is 6.19. The standard InChI is InChI=1S/C14H17NO3/c1-3-9-14(13(17)18-4-2)10-7-5-6-8-11(10)15-12(14)16/h5-8H,3-4,9H2,1-2H3,(H,15,16). The fourth-order valence-electron chi connectivity index (χ4n) is 2.50. The molecule has 0 fully saturated rings. The van der Waals surface area contributed by atoms with Gasteiger partial charge >= 0.3 is 5.97 Å². The number of carbonyl (C=O) groups is 2. The first-order valence-corrected chi connectivity index (χ1v) is 6.25. The second kappa shape index (κ2) is 4.80. The van der Waals surface area contributed by atoms with Crippen molar-refractivity contribution in [2.75, 3.05) is 11.9 Å². The molecule has 0 bridgehead atoms. The average Bonchev–Trinajstić information content (AvgIpc) is 2.64. The quantitative estimate of drug-likeness (QED) is 0.655. The largest absolute Gasteiger partial charge is 0.465 e. The molecule has 4 nitrogen and oxygen atoms in total. The number of nitrogens with one attached hydrogen (secondary N) is 1. The molecule has 1 N–H and O–H groups in total. The molecule has 96 valence electrons. The van der Waals surface area contributed by atoms with Crippen molar-refractivity contribution < 1.29 is 14.3 Å². The van der Waals surface area contributed by atoms with E-state index in [0.717, 1.165) is 12.0 Å². The maximum Gasteiger partial charge on any atom is 0.326 e. The number of rotatable bonds is 4. The number of benzene rings is 1. The smallest absolute Gasteiger partial charge is 0.326 e. The van der Waals surface area contributed by atoms with E-state index in [1.54, 1.807) is 6.92 Å². The third-order valence-electron chi connectivity index (χ3n) is 3.27. The van der Waals surface area contributed by atoms with Gasteiger partial charge in [0.2, 0.25) is 5.91 Å². The third kappa shape index (κ3) is 1.68. The van der Waals surface area contributed by atoms with Crippen molar-refractivity contribution in [3.05, 3.63) is 29.8 Å². The number of carbonyl (C=O) groups excluding carboxylic acids is 2. The molecule has 1 aliphatic rings. The van der Waals surface area contributed by atoms with Crippen LogP contribution in [0.15, 0.2) is 24.3 Å². The molecular weight excluding hydrogens is 230 g/mol. The van der Waals surface area contributed by atoms with Gasteiger partial charge in [0.05, 0.1) is 6.61 Å². The maximum absolute atomic E-state index is 12.2. The molecule has 4 heteroatoms. The Kier molecular flexibility index (Phi) is 3.36. The Labute approximate surface area is 106 Å². The fourth-order valence-corrected chi connectivity index (χ4v) is 2.50. The number of hydrogen-bond donors (Lipinski definition) is 1. The molecule has 1 heterocycles. The average molecular weight is 247 g/mol. The van der Waals surface area contributed by atoms with Gasteiger partial charge in [0.15, 0.2) is 5.41 Å². The van der Waals surface area contributed by atoms with E-state index >= 15 is 0 Å². The van der Waals surface area contributed by atoms with Crippen molar-refractivity contribution in [3.8, 4) is 0 Å². The minimum Gasteiger partial charge on any atom is -0.465 e. The van der Waals surface area contributed by atoms with Gasteiger partial charge in [-0.25, -0.2) is 0 Å². The molecule has 1 unspecified atom stereocenters. The van der Waals surface area contributed by atoms with Crippen molar-refractivity contribution in [2.45, 2.75) is 32.1 Å². The van der Waals surface area contributed by atoms with Crippen LogP contribution >= 0.6 is 0 Å². The van der Waals surface area contributed by atoms with E-state index in [4.69, 9.17) is 4.74 Å². The predicted octanol–water partition coefficient (Wildman–Crippen LogP) is 2.24. The molecule has 0 aromatic heterocycles. The van der Waals surface area contributed by atoms with E-state index in [1.807, 2.05) is 31.2 Å². The van der Waals surface area contributed by atoms with Crippen LogP contribution in [0.2, 0.25) is 0 Å². The minimum atomic E-state index is -1.17. The predicted molar refractivity (Wildman–Crippen MR) is 68.3 cm³/mol. The van der Waals surface area contributed by atoms with Gasteiger partial charge in [-0.15, -0.1) is 0 Å². The molecule has 1 atom stereocenters. The highest BCUT2D eigenvalue weighted by Gasteiger charge is 2.53. The van der Waals surface area contributed by atoms with Gasteiger partial charge < -0.3 is 10.1 Å². The van der Waals surface area contributed by atoms with Crippen LogP contribution in [0.25, 0.3) is 0 Å². The van der Waals surface area contributed by atoms with Crippen molar-refractivity contribution in [3.63, 3.8) is 0 Å². The summed E-state index contributed by atoms with van der Waals surface area (Å²) in [5.41, 5.74) is 0.278. The summed E-state index contributed by atoms with van der Waals surface area (Å²) in [4.78, 5) is 24.5. The summed E-state index contributed by atoms with van der Waals surface area (Å²) in [7, 11) is 0. The second-order valence-electron chi connectivity index (χ2n) is 4.38. The van der Waals surface area contributed by atoms with E-state index in [2.05, 4.69) is 5.32 Å². The minimum absolute atomic E-state index is 0.274. The summed E-state index contributed by atoms with van der Waals surface area (Å²) < 4.78 is 5.11. The SMILES string of the molecule is CCCC1(C(=O)OCC)C(=O)Nc2ccccc21. The van der Waals surface area contributed by atoms with Crippen molar-refractivity contribution in [1.82, 2.24) is 0 Å². The normalized spacial score (nSPS) is 21.3. The zero-order valence-corrected chi connectivity index (χ0v) is 10.7. The number of fused-ring (bicyclic) bond motifs is 1. The van der Waals surface area contributed by atoms with Crippen LogP contribution in [0.1, 0.15) is 32.3 Å². The van der Waals surface area contributed by atoms with E-state index in [1.165, 1.54) is 0 Å². The van der Waals surface area contributed by atoms with Crippen LogP contribution in [0, 0.1) is 0 Å². The lowest BCUT2D eigenvalue weighted by Gasteiger charge is -2.24. The summed E-state index contributed by atoms with van der Waals surface area (Å²) >= 11 is 0. The maximum atomic E-state index is 12.2. The van der Waals surface area contributed by atoms with Crippen LogP contribution in [-0.4, -0.2) is 18.5 Å². The Hall–Kier alpha value is -1.84. The summed E-state index contributed by atoms with van der Waals surface area (Å²) in [5, 5.41) is 2.77. The molecule has 0 saturated heterocycles. The number of anilines is 1. The van der Waals surface area contributed by atoms with Gasteiger partial charge in [-0.1, -0.05) is 31.5 Å². The Morgan fingerprint density at radius 2 is 2.06 bits per heavy atom. The Morgan fingerprint density at radius 1 is 1.33 bits per heavy atom. The van der Waals surface area contributed by atoms with Gasteiger partial charge in [0.25, 0.3) is 0 Å². The molecule has 1 aromatic rings. The van der Waals surface area contributed by atoms with Crippen LogP contribution in [0.4, 0.5) is 5.69 Å². The van der Waals surface area contributed by atoms with Crippen LogP contribution in [-0.2, 0) is 19.7 Å².